The Labute approximate surface area is 102 Å². The normalized spacial score (nSPS) is 46.6. The van der Waals surface area contributed by atoms with Crippen LogP contribution in [-0.4, -0.2) is 5.54 Å². The third-order valence-corrected chi connectivity index (χ3v) is 5.61. The fourth-order valence-electron chi connectivity index (χ4n) is 5.14. The molecule has 0 aliphatic heterocycles. The molecule has 0 radical (unpaired) electrons. The Morgan fingerprint density at radius 3 is 2.47 bits per heavy atom. The molecule has 4 bridgehead atoms. The summed E-state index contributed by atoms with van der Waals surface area (Å²) < 4.78 is 0. The molecule has 4 N–H and O–H groups in total. The van der Waals surface area contributed by atoms with E-state index < -0.39 is 0 Å². The minimum absolute atomic E-state index is 0.157. The van der Waals surface area contributed by atoms with Gasteiger partial charge in [0.1, 0.15) is 0 Å². The van der Waals surface area contributed by atoms with Crippen LogP contribution in [0.25, 0.3) is 0 Å². The van der Waals surface area contributed by atoms with Crippen LogP contribution in [0.3, 0.4) is 0 Å². The SMILES string of the molecule is Nc1ccc(C23CC4CC(C2)C(N)(C4)C3)cc1. The number of hydrogen-bond donors (Lipinski definition) is 2. The van der Waals surface area contributed by atoms with Gasteiger partial charge in [-0.15, -0.1) is 0 Å². The second-order valence-corrected chi connectivity index (χ2v) is 6.72. The molecule has 0 spiro atoms. The van der Waals surface area contributed by atoms with Crippen LogP contribution in [-0.2, 0) is 5.41 Å². The molecular formula is C15H20N2. The van der Waals surface area contributed by atoms with Gasteiger partial charge in [-0.05, 0) is 67.1 Å². The summed E-state index contributed by atoms with van der Waals surface area (Å²) in [6.07, 6.45) is 6.52. The average molecular weight is 228 g/mol. The quantitative estimate of drug-likeness (QED) is 0.725. The Morgan fingerprint density at radius 1 is 1.06 bits per heavy atom. The Hall–Kier alpha value is -1.02. The summed E-state index contributed by atoms with van der Waals surface area (Å²) in [6, 6.07) is 8.54. The third-order valence-electron chi connectivity index (χ3n) is 5.61. The van der Waals surface area contributed by atoms with Crippen LogP contribution < -0.4 is 11.5 Å². The van der Waals surface area contributed by atoms with Gasteiger partial charge in [-0.25, -0.2) is 0 Å². The van der Waals surface area contributed by atoms with Crippen molar-refractivity contribution in [3.63, 3.8) is 0 Å². The first-order valence-corrected chi connectivity index (χ1v) is 6.75. The molecule has 4 aliphatic rings. The average Bonchev–Trinajstić information content (AvgIpc) is 2.61. The van der Waals surface area contributed by atoms with Crippen LogP contribution in [0.1, 0.15) is 37.7 Å². The predicted octanol–water partition coefficient (Wildman–Crippen LogP) is 2.43. The standard InChI is InChI=1S/C15H20N2/c16-13-3-1-11(2-4-13)14-6-10-5-12(8-14)15(17,7-10)9-14/h1-4,10,12H,5-9,16-17H2. The lowest BCUT2D eigenvalue weighted by molar-refractivity contribution is 0.221. The molecule has 17 heavy (non-hydrogen) atoms. The van der Waals surface area contributed by atoms with E-state index in [1.165, 1.54) is 37.7 Å². The number of rotatable bonds is 1. The van der Waals surface area contributed by atoms with E-state index in [-0.39, 0.29) is 5.54 Å². The molecule has 0 heterocycles. The molecular weight excluding hydrogens is 208 g/mol. The van der Waals surface area contributed by atoms with Gasteiger partial charge in [0.15, 0.2) is 0 Å². The summed E-state index contributed by atoms with van der Waals surface area (Å²) in [5, 5.41) is 0. The first-order valence-electron chi connectivity index (χ1n) is 6.75. The number of benzene rings is 1. The molecule has 4 unspecified atom stereocenters. The van der Waals surface area contributed by atoms with E-state index in [0.29, 0.717) is 5.41 Å². The fourth-order valence-corrected chi connectivity index (χ4v) is 5.14. The van der Waals surface area contributed by atoms with Gasteiger partial charge in [0.05, 0.1) is 0 Å². The van der Waals surface area contributed by atoms with Crippen molar-refractivity contribution in [1.82, 2.24) is 0 Å². The van der Waals surface area contributed by atoms with Gasteiger partial charge in [0.25, 0.3) is 0 Å². The molecule has 4 aliphatic carbocycles. The van der Waals surface area contributed by atoms with E-state index in [4.69, 9.17) is 11.5 Å². The second-order valence-electron chi connectivity index (χ2n) is 6.72. The van der Waals surface area contributed by atoms with Crippen LogP contribution in [0.15, 0.2) is 24.3 Å². The molecule has 1 aromatic carbocycles. The first-order chi connectivity index (χ1) is 8.10. The molecule has 4 atom stereocenters. The number of hydrogen-bond acceptors (Lipinski definition) is 2. The molecule has 0 saturated heterocycles. The van der Waals surface area contributed by atoms with Crippen molar-refractivity contribution >= 4 is 5.69 Å². The topological polar surface area (TPSA) is 52.0 Å². The molecule has 0 amide bonds. The summed E-state index contributed by atoms with van der Waals surface area (Å²) in [7, 11) is 0. The van der Waals surface area contributed by atoms with E-state index in [2.05, 4.69) is 12.1 Å². The van der Waals surface area contributed by atoms with Gasteiger partial charge in [-0.1, -0.05) is 12.1 Å². The summed E-state index contributed by atoms with van der Waals surface area (Å²) in [5.74, 6) is 1.66. The summed E-state index contributed by atoms with van der Waals surface area (Å²) in [5.41, 5.74) is 15.3. The van der Waals surface area contributed by atoms with Gasteiger partial charge in [-0.2, -0.15) is 0 Å². The van der Waals surface area contributed by atoms with Crippen LogP contribution >= 0.6 is 0 Å². The smallest absolute Gasteiger partial charge is 0.0314 e. The molecule has 1 aromatic rings. The summed E-state index contributed by atoms with van der Waals surface area (Å²) in [6.45, 7) is 0. The highest BCUT2D eigenvalue weighted by Crippen LogP contribution is 2.65. The van der Waals surface area contributed by atoms with Crippen molar-refractivity contribution in [3.8, 4) is 0 Å². The highest BCUT2D eigenvalue weighted by atomic mass is 14.9. The first kappa shape index (κ1) is 9.95. The van der Waals surface area contributed by atoms with E-state index in [9.17, 15) is 0 Å². The van der Waals surface area contributed by atoms with Crippen LogP contribution in [0, 0.1) is 11.8 Å². The van der Waals surface area contributed by atoms with Crippen LogP contribution in [0.4, 0.5) is 5.69 Å². The Bertz CT molecular complexity index is 466. The van der Waals surface area contributed by atoms with Crippen molar-refractivity contribution in [2.75, 3.05) is 5.73 Å². The molecule has 4 fully saturated rings. The lowest BCUT2D eigenvalue weighted by Crippen LogP contribution is -2.43. The highest BCUT2D eigenvalue weighted by Gasteiger charge is 2.62. The van der Waals surface area contributed by atoms with Crippen molar-refractivity contribution in [2.45, 2.75) is 43.1 Å². The van der Waals surface area contributed by atoms with Crippen molar-refractivity contribution in [3.05, 3.63) is 29.8 Å². The lowest BCUT2D eigenvalue weighted by atomic mass is 9.65. The molecule has 4 saturated carbocycles. The number of anilines is 1. The maximum Gasteiger partial charge on any atom is 0.0314 e. The van der Waals surface area contributed by atoms with Crippen LogP contribution in [0.5, 0.6) is 0 Å². The predicted molar refractivity (Wildman–Crippen MR) is 69.5 cm³/mol. The molecule has 90 valence electrons. The zero-order chi connectivity index (χ0) is 11.7. The Morgan fingerprint density at radius 2 is 1.82 bits per heavy atom. The van der Waals surface area contributed by atoms with E-state index in [1.807, 2.05) is 12.1 Å². The number of nitrogen functional groups attached to an aromatic ring is 1. The lowest BCUT2D eigenvalue weighted by Gasteiger charge is -2.40. The summed E-state index contributed by atoms with van der Waals surface area (Å²) in [4.78, 5) is 0. The Kier molecular flexibility index (Phi) is 1.68. The summed E-state index contributed by atoms with van der Waals surface area (Å²) >= 11 is 0. The van der Waals surface area contributed by atoms with Crippen LogP contribution in [0.2, 0.25) is 0 Å². The van der Waals surface area contributed by atoms with Gasteiger partial charge < -0.3 is 11.5 Å². The fraction of sp³-hybridized carbons (Fsp3) is 0.600. The molecule has 2 nitrogen and oxygen atoms in total. The van der Waals surface area contributed by atoms with E-state index >= 15 is 0 Å². The zero-order valence-corrected chi connectivity index (χ0v) is 10.2. The van der Waals surface area contributed by atoms with E-state index in [0.717, 1.165) is 17.5 Å². The van der Waals surface area contributed by atoms with Crippen molar-refractivity contribution < 1.29 is 0 Å². The zero-order valence-electron chi connectivity index (χ0n) is 10.2. The maximum absolute atomic E-state index is 6.61. The second kappa shape index (κ2) is 2.86. The van der Waals surface area contributed by atoms with E-state index in [1.54, 1.807) is 0 Å². The molecule has 2 heteroatoms. The third kappa shape index (κ3) is 1.19. The Balaban J connectivity index is 1.78. The minimum atomic E-state index is 0.157. The van der Waals surface area contributed by atoms with Gasteiger partial charge in [0.2, 0.25) is 0 Å². The highest BCUT2D eigenvalue weighted by molar-refractivity contribution is 5.43. The van der Waals surface area contributed by atoms with Crippen molar-refractivity contribution in [1.29, 1.82) is 0 Å². The molecule has 5 rings (SSSR count). The van der Waals surface area contributed by atoms with Gasteiger partial charge in [0, 0.05) is 11.2 Å². The molecule has 0 aromatic heterocycles. The van der Waals surface area contributed by atoms with Gasteiger partial charge in [-0.3, -0.25) is 0 Å². The van der Waals surface area contributed by atoms with Crippen molar-refractivity contribution in [2.24, 2.45) is 17.6 Å². The minimum Gasteiger partial charge on any atom is -0.399 e. The number of nitrogens with two attached hydrogens (primary N) is 2. The monoisotopic (exact) mass is 228 g/mol. The van der Waals surface area contributed by atoms with Gasteiger partial charge >= 0.3 is 0 Å². The maximum atomic E-state index is 6.61. The largest absolute Gasteiger partial charge is 0.399 e.